The highest BCUT2D eigenvalue weighted by molar-refractivity contribution is 14.2. The van der Waals surface area contributed by atoms with Crippen LogP contribution < -0.4 is 5.32 Å². The van der Waals surface area contributed by atoms with Gasteiger partial charge in [-0.1, -0.05) is 109 Å². The van der Waals surface area contributed by atoms with E-state index in [0.29, 0.717) is 0 Å². The quantitative estimate of drug-likeness (QED) is 0.134. The number of carbonyl (C=O) groups is 2. The Kier molecular flexibility index (Phi) is 17.2. The summed E-state index contributed by atoms with van der Waals surface area (Å²) in [6.45, 7) is 3.50. The normalized spacial score (nSPS) is 11.1. The van der Waals surface area contributed by atoms with Gasteiger partial charge in [0.1, 0.15) is 0 Å². The maximum atomic E-state index is 12.2. The highest BCUT2D eigenvalue weighted by atomic mass is 127. The smallest absolute Gasteiger partial charge is 0.293 e. The van der Waals surface area contributed by atoms with Gasteiger partial charge in [-0.05, 0) is 30.5 Å². The van der Waals surface area contributed by atoms with E-state index in [1.807, 2.05) is 0 Å². The molecule has 5 nitrogen and oxygen atoms in total. The molecule has 33 heavy (non-hydrogen) atoms. The van der Waals surface area contributed by atoms with Crippen LogP contribution in [0.4, 0.5) is 0 Å². The number of rotatable bonds is 19. The van der Waals surface area contributed by atoms with Gasteiger partial charge < -0.3 is 0 Å². The van der Waals surface area contributed by atoms with Crippen LogP contribution in [0, 0.1) is 3.57 Å². The van der Waals surface area contributed by atoms with E-state index in [9.17, 15) is 15.7 Å². The Labute approximate surface area is 208 Å². The molecule has 0 spiro atoms. The zero-order valence-electron chi connectivity index (χ0n) is 20.8. The number of halogens is 1. The minimum atomic E-state index is -3.81. The summed E-state index contributed by atoms with van der Waals surface area (Å²) in [5.41, 5.74) is 1.03. The Hall–Kier alpha value is -1.31. The van der Waals surface area contributed by atoms with Crippen molar-refractivity contribution < 1.29 is 15.7 Å². The van der Waals surface area contributed by atoms with Crippen LogP contribution in [0.2, 0.25) is 0 Å². The number of nitrogens with one attached hydrogen (secondary N) is 1. The second kappa shape index (κ2) is 19.0. The molecule has 1 rings (SSSR count). The molecule has 0 radical (unpaired) electrons. The van der Waals surface area contributed by atoms with Gasteiger partial charge in [0.15, 0.2) is 0 Å². The number of amides is 2. The van der Waals surface area contributed by atoms with Gasteiger partial charge in [-0.2, -0.15) is 0 Å². The first-order valence-corrected chi connectivity index (χ1v) is 15.8. The van der Waals surface area contributed by atoms with Gasteiger partial charge in [-0.25, -0.2) is 6.14 Å². The molecule has 0 aliphatic carbocycles. The van der Waals surface area contributed by atoms with Crippen molar-refractivity contribution in [2.45, 2.75) is 123 Å². The third kappa shape index (κ3) is 14.5. The first kappa shape index (κ1) is 29.7. The lowest BCUT2D eigenvalue weighted by Gasteiger charge is -2.07. The number of unbranched alkanes of at least 4 members (excludes halogenated alkanes) is 15. The molecule has 188 valence electrons. The lowest BCUT2D eigenvalue weighted by atomic mass is 10.0. The molecule has 0 fully saturated rings. The predicted molar refractivity (Wildman–Crippen MR) is 142 cm³/mol. The summed E-state index contributed by atoms with van der Waals surface area (Å²) in [5.74, 6) is -1.13. The number of hydrogen-bond donors (Lipinski definition) is 1. The monoisotopic (exact) mass is 573 g/mol. The molecule has 6 heteroatoms. The Balaban J connectivity index is 2.12. The highest BCUT2D eigenvalue weighted by Gasteiger charge is 2.16. The zero-order valence-corrected chi connectivity index (χ0v) is 22.9. The van der Waals surface area contributed by atoms with E-state index in [0.717, 1.165) is 24.8 Å². The lowest BCUT2D eigenvalue weighted by Crippen LogP contribution is -2.28. The topological polar surface area (TPSA) is 80.3 Å². The molecule has 0 unspecified atom stereocenters. The fourth-order valence-corrected chi connectivity index (χ4v) is 5.49. The average molecular weight is 574 g/mol. The number of aryl methyl sites for hydroxylation is 1. The van der Waals surface area contributed by atoms with Crippen LogP contribution in [-0.2, 0) is 17.4 Å². The average Bonchev–Trinajstić information content (AvgIpc) is 2.78. The standard InChI is InChI=1S/C27H44INO4/c1-3-4-5-6-7-8-9-10-11-12-13-14-15-16-17-18-19-24-20-21-26(28(32)33)25(22-24)27(31)29-23(2)30/h20-22H,3-19H2,1-2H3,(H,29,30,31). The van der Waals surface area contributed by atoms with E-state index >= 15 is 0 Å². The molecule has 0 bridgehead atoms. The van der Waals surface area contributed by atoms with Gasteiger partial charge in [0, 0.05) is 6.92 Å². The van der Waals surface area contributed by atoms with Gasteiger partial charge in [0.2, 0.25) is 5.91 Å². The van der Waals surface area contributed by atoms with Crippen molar-refractivity contribution in [1.29, 1.82) is 0 Å². The summed E-state index contributed by atoms with van der Waals surface area (Å²) in [5, 5.41) is 2.17. The summed E-state index contributed by atoms with van der Waals surface area (Å²) in [6.07, 6.45) is 22.0. The molecule has 1 N–H and O–H groups in total. The molecule has 0 aliphatic rings. The minimum absolute atomic E-state index is 0.0497. The highest BCUT2D eigenvalue weighted by Crippen LogP contribution is 2.24. The predicted octanol–water partition coefficient (Wildman–Crippen LogP) is 8.13. The van der Waals surface area contributed by atoms with Crippen molar-refractivity contribution in [2.75, 3.05) is 0 Å². The summed E-state index contributed by atoms with van der Waals surface area (Å²) in [6, 6.07) is 4.91. The van der Waals surface area contributed by atoms with E-state index in [2.05, 4.69) is 12.2 Å². The van der Waals surface area contributed by atoms with Crippen LogP contribution in [0.1, 0.15) is 133 Å². The summed E-state index contributed by atoms with van der Waals surface area (Å²) < 4.78 is 23.1. The molecular weight excluding hydrogens is 529 g/mol. The molecule has 0 aliphatic heterocycles. The van der Waals surface area contributed by atoms with Crippen LogP contribution in [0.25, 0.3) is 0 Å². The Morgan fingerprint density at radius 2 is 1.18 bits per heavy atom. The molecule has 1 aromatic rings. The number of carbonyl (C=O) groups excluding carboxylic acids is 2. The van der Waals surface area contributed by atoms with Crippen molar-refractivity contribution >= 4 is 31.6 Å². The first-order chi connectivity index (χ1) is 16.0. The SMILES string of the molecule is CCCCCCCCCCCCCCCCCCc1ccc(I(=O)=O)c(C(=O)NC(C)=O)c1. The van der Waals surface area contributed by atoms with Crippen LogP contribution in [0.15, 0.2) is 18.2 Å². The van der Waals surface area contributed by atoms with Crippen molar-refractivity contribution in [3.05, 3.63) is 32.9 Å². The molecule has 0 atom stereocenters. The van der Waals surface area contributed by atoms with E-state index in [4.69, 9.17) is 0 Å². The fraction of sp³-hybridized carbons (Fsp3) is 0.704. The van der Waals surface area contributed by atoms with Crippen molar-refractivity contribution in [3.8, 4) is 0 Å². The Morgan fingerprint density at radius 3 is 1.61 bits per heavy atom. The molecule has 0 saturated heterocycles. The minimum Gasteiger partial charge on any atom is -0.293 e. The van der Waals surface area contributed by atoms with Gasteiger partial charge in [0.05, 0.1) is 9.13 Å². The molecular formula is C27H44INO4. The second-order valence-corrected chi connectivity index (χ2v) is 11.5. The molecule has 2 amide bonds. The summed E-state index contributed by atoms with van der Waals surface area (Å²) >= 11 is -3.81. The number of hydrogen-bond acceptors (Lipinski definition) is 4. The van der Waals surface area contributed by atoms with Crippen LogP contribution in [0.5, 0.6) is 0 Å². The Bertz CT molecular complexity index is 765. The number of benzene rings is 1. The van der Waals surface area contributed by atoms with Crippen molar-refractivity contribution in [1.82, 2.24) is 5.32 Å². The van der Waals surface area contributed by atoms with Crippen molar-refractivity contribution in [3.63, 3.8) is 0 Å². The lowest BCUT2D eigenvalue weighted by molar-refractivity contribution is -0.118. The van der Waals surface area contributed by atoms with Gasteiger partial charge in [-0.15, -0.1) is 0 Å². The van der Waals surface area contributed by atoms with Gasteiger partial charge >= 0.3 is 19.8 Å². The maximum absolute atomic E-state index is 12.2. The van der Waals surface area contributed by atoms with Gasteiger partial charge in [0.25, 0.3) is 5.91 Å². The van der Waals surface area contributed by atoms with Gasteiger partial charge in [-0.3, -0.25) is 14.9 Å². The van der Waals surface area contributed by atoms with Crippen LogP contribution >= 0.6 is 19.8 Å². The fourth-order valence-electron chi connectivity index (χ4n) is 4.14. The Morgan fingerprint density at radius 1 is 0.727 bits per heavy atom. The van der Waals surface area contributed by atoms with E-state index < -0.39 is 31.6 Å². The zero-order chi connectivity index (χ0) is 24.3. The largest absolute Gasteiger partial charge is 0.341 e. The van der Waals surface area contributed by atoms with E-state index in [1.165, 1.54) is 103 Å². The second-order valence-electron chi connectivity index (χ2n) is 9.10. The van der Waals surface area contributed by atoms with Crippen LogP contribution in [-0.4, -0.2) is 11.8 Å². The molecule has 0 heterocycles. The summed E-state index contributed by atoms with van der Waals surface area (Å²) in [4.78, 5) is 23.3. The van der Waals surface area contributed by atoms with E-state index in [-0.39, 0.29) is 9.13 Å². The maximum Gasteiger partial charge on any atom is 0.341 e. The number of imide groups is 1. The third-order valence-electron chi connectivity index (χ3n) is 6.05. The first-order valence-electron chi connectivity index (χ1n) is 13.0. The molecule has 0 aromatic heterocycles. The molecule has 1 aromatic carbocycles. The summed E-state index contributed by atoms with van der Waals surface area (Å²) in [7, 11) is 0. The molecule has 0 saturated carbocycles. The van der Waals surface area contributed by atoms with Crippen LogP contribution in [0.3, 0.4) is 0 Å². The third-order valence-corrected chi connectivity index (χ3v) is 7.94. The van der Waals surface area contributed by atoms with Crippen molar-refractivity contribution in [2.24, 2.45) is 0 Å². The van der Waals surface area contributed by atoms with E-state index in [1.54, 1.807) is 12.1 Å².